The Bertz CT molecular complexity index is 605. The standard InChI is InChI=1S/C13H14BrClN4/c1-8-6-10(14)12(7-11(8)15)19-13(16-17-18-19)9-4-2-3-5-9/h6-7,9H,2-5H2,1H3. The fourth-order valence-electron chi connectivity index (χ4n) is 2.60. The van der Waals surface area contributed by atoms with Crippen LogP contribution >= 0.6 is 27.5 Å². The molecule has 0 atom stereocenters. The molecule has 100 valence electrons. The van der Waals surface area contributed by atoms with Gasteiger partial charge in [-0.05, 0) is 63.8 Å². The lowest BCUT2D eigenvalue weighted by molar-refractivity contribution is 0.635. The molecule has 1 fully saturated rings. The summed E-state index contributed by atoms with van der Waals surface area (Å²) in [7, 11) is 0. The molecule has 0 radical (unpaired) electrons. The summed E-state index contributed by atoms with van der Waals surface area (Å²) in [5, 5.41) is 12.9. The number of nitrogens with zero attached hydrogens (tertiary/aromatic N) is 4. The second-order valence-corrected chi connectivity index (χ2v) is 6.24. The summed E-state index contributed by atoms with van der Waals surface area (Å²) in [5.74, 6) is 1.40. The van der Waals surface area contributed by atoms with Crippen LogP contribution in [-0.4, -0.2) is 20.2 Å². The highest BCUT2D eigenvalue weighted by Gasteiger charge is 2.24. The Hall–Kier alpha value is -0.940. The number of halogens is 2. The summed E-state index contributed by atoms with van der Waals surface area (Å²) < 4.78 is 2.77. The van der Waals surface area contributed by atoms with Crippen LogP contribution in [0.4, 0.5) is 0 Å². The van der Waals surface area contributed by atoms with E-state index in [1.807, 2.05) is 23.7 Å². The first-order chi connectivity index (χ1) is 9.16. The Kier molecular flexibility index (Phi) is 3.58. The third kappa shape index (κ3) is 2.41. The molecular weight excluding hydrogens is 328 g/mol. The molecule has 19 heavy (non-hydrogen) atoms. The average molecular weight is 342 g/mol. The molecule has 1 heterocycles. The minimum atomic E-state index is 0.460. The van der Waals surface area contributed by atoms with E-state index >= 15 is 0 Å². The topological polar surface area (TPSA) is 43.6 Å². The van der Waals surface area contributed by atoms with Crippen LogP contribution in [0.25, 0.3) is 5.69 Å². The highest BCUT2D eigenvalue weighted by molar-refractivity contribution is 9.10. The molecule has 0 aliphatic heterocycles. The van der Waals surface area contributed by atoms with E-state index < -0.39 is 0 Å². The lowest BCUT2D eigenvalue weighted by Gasteiger charge is -2.12. The zero-order valence-corrected chi connectivity index (χ0v) is 12.9. The van der Waals surface area contributed by atoms with Crippen LogP contribution in [0, 0.1) is 6.92 Å². The van der Waals surface area contributed by atoms with E-state index in [0.717, 1.165) is 39.4 Å². The van der Waals surface area contributed by atoms with E-state index in [9.17, 15) is 0 Å². The van der Waals surface area contributed by atoms with Crippen molar-refractivity contribution in [3.05, 3.63) is 33.0 Å². The van der Waals surface area contributed by atoms with Crippen LogP contribution in [0.5, 0.6) is 0 Å². The molecule has 0 unspecified atom stereocenters. The van der Waals surface area contributed by atoms with Gasteiger partial charge in [0.05, 0.1) is 5.69 Å². The molecule has 0 saturated heterocycles. The zero-order chi connectivity index (χ0) is 13.4. The molecular formula is C13H14BrClN4. The SMILES string of the molecule is Cc1cc(Br)c(-n2nnnc2C2CCCC2)cc1Cl. The highest BCUT2D eigenvalue weighted by Crippen LogP contribution is 2.35. The van der Waals surface area contributed by atoms with Crippen molar-refractivity contribution in [2.45, 2.75) is 38.5 Å². The van der Waals surface area contributed by atoms with Gasteiger partial charge in [-0.2, -0.15) is 4.68 Å². The van der Waals surface area contributed by atoms with Crippen molar-refractivity contribution in [1.82, 2.24) is 20.2 Å². The van der Waals surface area contributed by atoms with Gasteiger partial charge in [0.1, 0.15) is 0 Å². The number of rotatable bonds is 2. The quantitative estimate of drug-likeness (QED) is 0.828. The number of tetrazole rings is 1. The van der Waals surface area contributed by atoms with E-state index in [0.29, 0.717) is 5.92 Å². The largest absolute Gasteiger partial charge is 0.196 e. The Morgan fingerprint density at radius 1 is 1.32 bits per heavy atom. The number of aromatic nitrogens is 4. The van der Waals surface area contributed by atoms with Crippen LogP contribution in [-0.2, 0) is 0 Å². The van der Waals surface area contributed by atoms with Gasteiger partial charge in [-0.25, -0.2) is 0 Å². The predicted octanol–water partition coefficient (Wildman–Crippen LogP) is 4.04. The third-order valence-electron chi connectivity index (χ3n) is 3.67. The van der Waals surface area contributed by atoms with Crippen molar-refractivity contribution in [3.63, 3.8) is 0 Å². The molecule has 1 aliphatic rings. The maximum atomic E-state index is 6.21. The molecule has 0 amide bonds. The van der Waals surface area contributed by atoms with Gasteiger partial charge in [0, 0.05) is 15.4 Å². The van der Waals surface area contributed by atoms with Gasteiger partial charge in [0.25, 0.3) is 0 Å². The summed E-state index contributed by atoms with van der Waals surface area (Å²) in [6.07, 6.45) is 4.84. The predicted molar refractivity (Wildman–Crippen MR) is 77.8 cm³/mol. The Labute approximate surface area is 125 Å². The second kappa shape index (κ2) is 5.21. The Balaban J connectivity index is 2.07. The van der Waals surface area contributed by atoms with Gasteiger partial charge in [-0.1, -0.05) is 24.4 Å². The number of hydrogen-bond donors (Lipinski definition) is 0. The van der Waals surface area contributed by atoms with E-state index in [4.69, 9.17) is 11.6 Å². The number of benzene rings is 1. The first-order valence-electron chi connectivity index (χ1n) is 6.41. The van der Waals surface area contributed by atoms with E-state index in [-0.39, 0.29) is 0 Å². The fraction of sp³-hybridized carbons (Fsp3) is 0.462. The third-order valence-corrected chi connectivity index (χ3v) is 4.71. The molecule has 1 aliphatic carbocycles. The van der Waals surface area contributed by atoms with Crippen molar-refractivity contribution in [2.24, 2.45) is 0 Å². The van der Waals surface area contributed by atoms with Crippen molar-refractivity contribution in [2.75, 3.05) is 0 Å². The van der Waals surface area contributed by atoms with Gasteiger partial charge >= 0.3 is 0 Å². The molecule has 2 aromatic rings. The van der Waals surface area contributed by atoms with Crippen molar-refractivity contribution >= 4 is 27.5 Å². The van der Waals surface area contributed by atoms with Gasteiger partial charge in [0.2, 0.25) is 0 Å². The van der Waals surface area contributed by atoms with E-state index in [2.05, 4.69) is 31.5 Å². The molecule has 3 rings (SSSR count). The monoisotopic (exact) mass is 340 g/mol. The molecule has 0 bridgehead atoms. The first-order valence-corrected chi connectivity index (χ1v) is 7.58. The lowest BCUT2D eigenvalue weighted by atomic mass is 10.1. The summed E-state index contributed by atoms with van der Waals surface area (Å²) >= 11 is 9.78. The maximum Gasteiger partial charge on any atom is 0.159 e. The Morgan fingerprint density at radius 2 is 2.05 bits per heavy atom. The molecule has 4 nitrogen and oxygen atoms in total. The van der Waals surface area contributed by atoms with Gasteiger partial charge < -0.3 is 0 Å². The molecule has 0 spiro atoms. The van der Waals surface area contributed by atoms with Crippen LogP contribution < -0.4 is 0 Å². The smallest absolute Gasteiger partial charge is 0.159 e. The van der Waals surface area contributed by atoms with Crippen molar-refractivity contribution < 1.29 is 0 Å². The highest BCUT2D eigenvalue weighted by atomic mass is 79.9. The van der Waals surface area contributed by atoms with Crippen LogP contribution in [0.1, 0.15) is 43.0 Å². The first kappa shape index (κ1) is 13.1. The summed E-state index contributed by atoms with van der Waals surface area (Å²) in [5.41, 5.74) is 1.94. The summed E-state index contributed by atoms with van der Waals surface area (Å²) in [6.45, 7) is 1.98. The van der Waals surface area contributed by atoms with Gasteiger partial charge in [-0.3, -0.25) is 0 Å². The second-order valence-electron chi connectivity index (χ2n) is 4.98. The molecule has 0 N–H and O–H groups in total. The lowest BCUT2D eigenvalue weighted by Crippen LogP contribution is -2.07. The van der Waals surface area contributed by atoms with Crippen molar-refractivity contribution in [1.29, 1.82) is 0 Å². The van der Waals surface area contributed by atoms with Gasteiger partial charge in [-0.15, -0.1) is 5.10 Å². The van der Waals surface area contributed by atoms with Crippen molar-refractivity contribution in [3.8, 4) is 5.69 Å². The number of hydrogen-bond acceptors (Lipinski definition) is 3. The zero-order valence-electron chi connectivity index (χ0n) is 10.6. The minimum Gasteiger partial charge on any atom is -0.196 e. The molecule has 1 aromatic carbocycles. The van der Waals surface area contributed by atoms with E-state index in [1.54, 1.807) is 0 Å². The molecule has 6 heteroatoms. The van der Waals surface area contributed by atoms with Gasteiger partial charge in [0.15, 0.2) is 5.82 Å². The average Bonchev–Trinajstić information content (AvgIpc) is 3.03. The summed E-state index contributed by atoms with van der Waals surface area (Å²) in [4.78, 5) is 0. The van der Waals surface area contributed by atoms with Crippen LogP contribution in [0.15, 0.2) is 16.6 Å². The fourth-order valence-corrected chi connectivity index (χ4v) is 3.39. The molecule has 1 aromatic heterocycles. The molecule has 1 saturated carbocycles. The maximum absolute atomic E-state index is 6.21. The van der Waals surface area contributed by atoms with Crippen LogP contribution in [0.3, 0.4) is 0 Å². The normalized spacial score (nSPS) is 16.2. The Morgan fingerprint density at radius 3 is 2.79 bits per heavy atom. The summed E-state index contributed by atoms with van der Waals surface area (Å²) in [6, 6.07) is 3.91. The van der Waals surface area contributed by atoms with Crippen LogP contribution in [0.2, 0.25) is 5.02 Å². The number of aryl methyl sites for hydroxylation is 1. The van der Waals surface area contributed by atoms with E-state index in [1.165, 1.54) is 12.8 Å². The minimum absolute atomic E-state index is 0.460.